The first-order valence-electron chi connectivity index (χ1n) is 11.9. The van der Waals surface area contributed by atoms with Crippen molar-refractivity contribution in [2.75, 3.05) is 31.1 Å². The number of rotatable bonds is 5. The first kappa shape index (κ1) is 22.1. The average molecular weight is 455 g/mol. The molecule has 2 aliphatic rings. The minimum Gasteiger partial charge on any atom is -0.370 e. The van der Waals surface area contributed by atoms with Crippen LogP contribution in [0.4, 0.5) is 5.82 Å². The second-order valence-electron chi connectivity index (χ2n) is 9.24. The van der Waals surface area contributed by atoms with Gasteiger partial charge in [0.15, 0.2) is 0 Å². The molecule has 7 nitrogen and oxygen atoms in total. The van der Waals surface area contributed by atoms with E-state index in [9.17, 15) is 4.79 Å². The van der Waals surface area contributed by atoms with Crippen LogP contribution in [0.5, 0.6) is 0 Å². The summed E-state index contributed by atoms with van der Waals surface area (Å²) in [5, 5.41) is 4.15. The number of benzene rings is 1. The molecule has 3 aromatic rings. The van der Waals surface area contributed by atoms with Crippen LogP contribution in [0.25, 0.3) is 10.9 Å². The second kappa shape index (κ2) is 9.63. The van der Waals surface area contributed by atoms with Crippen molar-refractivity contribution in [2.45, 2.75) is 20.3 Å². The maximum absolute atomic E-state index is 13.2. The Morgan fingerprint density at radius 1 is 1.03 bits per heavy atom. The lowest BCUT2D eigenvalue weighted by Gasteiger charge is -2.40. The molecule has 0 spiro atoms. The minimum atomic E-state index is -0.128. The summed E-state index contributed by atoms with van der Waals surface area (Å²) in [4.78, 5) is 31.0. The molecule has 0 radical (unpaired) electrons. The lowest BCUT2D eigenvalue weighted by Crippen LogP contribution is -2.47. The maximum Gasteiger partial charge on any atom is 0.257 e. The van der Waals surface area contributed by atoms with Gasteiger partial charge in [0.2, 0.25) is 0 Å². The molecular weight excluding hydrogens is 424 g/mol. The number of para-hydroxylation sites is 1. The standard InChI is InChI=1S/C27H30N6O/c1-19(2)20-7-8-24(31-27(34)22-15-21-5-3-4-6-23(21)30-17-22)25(16-20)32-11-13-33(14-12-32)26-18-28-9-10-29-26/h3-10,15,17-20H,11-14,16H2,1-2H3,(H,31,34). The molecule has 1 saturated heterocycles. The number of anilines is 1. The van der Waals surface area contributed by atoms with Crippen LogP contribution in [0.2, 0.25) is 0 Å². The van der Waals surface area contributed by atoms with Gasteiger partial charge in [0.05, 0.1) is 23.0 Å². The smallest absolute Gasteiger partial charge is 0.257 e. The molecule has 1 N–H and O–H groups in total. The van der Waals surface area contributed by atoms with Gasteiger partial charge in [-0.1, -0.05) is 38.1 Å². The predicted molar refractivity (Wildman–Crippen MR) is 134 cm³/mol. The van der Waals surface area contributed by atoms with Crippen LogP contribution in [0.1, 0.15) is 30.6 Å². The van der Waals surface area contributed by atoms with Crippen LogP contribution in [0, 0.1) is 11.8 Å². The van der Waals surface area contributed by atoms with E-state index in [1.54, 1.807) is 18.6 Å². The first-order chi connectivity index (χ1) is 16.6. The number of nitrogens with one attached hydrogen (secondary N) is 1. The van der Waals surface area contributed by atoms with E-state index in [2.05, 4.69) is 56.1 Å². The van der Waals surface area contributed by atoms with Crippen molar-refractivity contribution in [3.63, 3.8) is 0 Å². The van der Waals surface area contributed by atoms with Crippen LogP contribution in [0.3, 0.4) is 0 Å². The fourth-order valence-corrected chi connectivity index (χ4v) is 4.64. The number of fused-ring (bicyclic) bond motifs is 1. The molecule has 1 aromatic carbocycles. The van der Waals surface area contributed by atoms with Crippen molar-refractivity contribution in [2.24, 2.45) is 11.8 Å². The second-order valence-corrected chi connectivity index (χ2v) is 9.24. The lowest BCUT2D eigenvalue weighted by atomic mass is 9.86. The molecule has 1 fully saturated rings. The van der Waals surface area contributed by atoms with Gasteiger partial charge in [-0.3, -0.25) is 14.8 Å². The van der Waals surface area contributed by atoms with Gasteiger partial charge >= 0.3 is 0 Å². The molecule has 3 heterocycles. The Balaban J connectivity index is 1.36. The number of allylic oxidation sites excluding steroid dienone is 3. The highest BCUT2D eigenvalue weighted by Gasteiger charge is 2.27. The minimum absolute atomic E-state index is 0.128. The third kappa shape index (κ3) is 4.64. The zero-order valence-electron chi connectivity index (χ0n) is 19.7. The van der Waals surface area contributed by atoms with E-state index in [0.717, 1.165) is 55.0 Å². The van der Waals surface area contributed by atoms with Crippen LogP contribution in [-0.2, 0) is 0 Å². The summed E-state index contributed by atoms with van der Waals surface area (Å²) >= 11 is 0. The largest absolute Gasteiger partial charge is 0.370 e. The monoisotopic (exact) mass is 454 g/mol. The molecule has 7 heteroatoms. The van der Waals surface area contributed by atoms with Crippen LogP contribution < -0.4 is 10.2 Å². The first-order valence-corrected chi connectivity index (χ1v) is 11.9. The number of carbonyl (C=O) groups excluding carboxylic acids is 1. The number of amides is 1. The number of hydrogen-bond acceptors (Lipinski definition) is 6. The number of carbonyl (C=O) groups is 1. The van der Waals surface area contributed by atoms with Gasteiger partial charge in [-0.05, 0) is 36.5 Å². The van der Waals surface area contributed by atoms with Crippen molar-refractivity contribution in [3.8, 4) is 0 Å². The van der Waals surface area contributed by atoms with Crippen molar-refractivity contribution < 1.29 is 4.79 Å². The summed E-state index contributed by atoms with van der Waals surface area (Å²) in [5.74, 6) is 1.78. The fourth-order valence-electron chi connectivity index (χ4n) is 4.64. The molecule has 1 unspecified atom stereocenters. The van der Waals surface area contributed by atoms with Crippen LogP contribution in [0.15, 0.2) is 78.7 Å². The Morgan fingerprint density at radius 3 is 2.59 bits per heavy atom. The highest BCUT2D eigenvalue weighted by atomic mass is 16.1. The fraction of sp³-hybridized carbons (Fsp3) is 0.333. The Morgan fingerprint density at radius 2 is 1.82 bits per heavy atom. The Hall–Kier alpha value is -3.74. The topological polar surface area (TPSA) is 74.2 Å². The normalized spacial score (nSPS) is 18.6. The highest BCUT2D eigenvalue weighted by Crippen LogP contribution is 2.31. The van der Waals surface area contributed by atoms with Crippen molar-refractivity contribution in [3.05, 3.63) is 84.2 Å². The molecule has 1 atom stereocenters. The highest BCUT2D eigenvalue weighted by molar-refractivity contribution is 5.98. The van der Waals surface area contributed by atoms with Gasteiger partial charge < -0.3 is 15.1 Å². The molecule has 5 rings (SSSR count). The van der Waals surface area contributed by atoms with E-state index in [4.69, 9.17) is 0 Å². The molecule has 174 valence electrons. The predicted octanol–water partition coefficient (Wildman–Crippen LogP) is 4.02. The zero-order valence-corrected chi connectivity index (χ0v) is 19.7. The number of aromatic nitrogens is 3. The third-order valence-electron chi connectivity index (χ3n) is 6.74. The quantitative estimate of drug-likeness (QED) is 0.628. The van der Waals surface area contributed by atoms with Crippen molar-refractivity contribution in [1.82, 2.24) is 25.2 Å². The van der Waals surface area contributed by atoms with Crippen LogP contribution in [-0.4, -0.2) is 51.9 Å². The Kier molecular flexibility index (Phi) is 6.25. The summed E-state index contributed by atoms with van der Waals surface area (Å²) in [6, 6.07) is 9.75. The summed E-state index contributed by atoms with van der Waals surface area (Å²) in [7, 11) is 0. The van der Waals surface area contributed by atoms with Crippen molar-refractivity contribution >= 4 is 22.6 Å². The number of nitrogens with zero attached hydrogens (tertiary/aromatic N) is 5. The molecule has 2 aromatic heterocycles. The molecule has 0 saturated carbocycles. The van der Waals surface area contributed by atoms with E-state index in [1.165, 1.54) is 5.70 Å². The molecule has 1 amide bonds. The van der Waals surface area contributed by atoms with Gasteiger partial charge in [-0.15, -0.1) is 0 Å². The summed E-state index contributed by atoms with van der Waals surface area (Å²) in [6.07, 6.45) is 12.1. The Bertz CT molecular complexity index is 1230. The molecule has 34 heavy (non-hydrogen) atoms. The summed E-state index contributed by atoms with van der Waals surface area (Å²) in [6.45, 7) is 8.00. The van der Waals surface area contributed by atoms with E-state index >= 15 is 0 Å². The number of pyridine rings is 1. The van der Waals surface area contributed by atoms with E-state index < -0.39 is 0 Å². The average Bonchev–Trinajstić information content (AvgIpc) is 2.89. The lowest BCUT2D eigenvalue weighted by molar-refractivity contribution is 0.0964. The van der Waals surface area contributed by atoms with Gasteiger partial charge in [0, 0.05) is 55.9 Å². The summed E-state index contributed by atoms with van der Waals surface area (Å²) < 4.78 is 0. The van der Waals surface area contributed by atoms with Gasteiger partial charge in [0.25, 0.3) is 5.91 Å². The van der Waals surface area contributed by atoms with E-state index in [1.807, 2.05) is 36.5 Å². The van der Waals surface area contributed by atoms with Gasteiger partial charge in [-0.25, -0.2) is 4.98 Å². The third-order valence-corrected chi connectivity index (χ3v) is 6.74. The van der Waals surface area contributed by atoms with E-state index in [0.29, 0.717) is 17.4 Å². The van der Waals surface area contributed by atoms with E-state index in [-0.39, 0.29) is 5.91 Å². The molecular formula is C27H30N6O. The number of piperazine rings is 1. The SMILES string of the molecule is CC(C)C1C=CC(NC(=O)c2cnc3ccccc3c2)=C(N2CCN(c3cnccn3)CC2)C1. The van der Waals surface area contributed by atoms with Gasteiger partial charge in [0.1, 0.15) is 5.82 Å². The van der Waals surface area contributed by atoms with Crippen molar-refractivity contribution in [1.29, 1.82) is 0 Å². The number of hydrogen-bond donors (Lipinski definition) is 1. The van der Waals surface area contributed by atoms with Gasteiger partial charge in [-0.2, -0.15) is 0 Å². The molecule has 1 aliphatic heterocycles. The zero-order chi connectivity index (χ0) is 23.5. The van der Waals surface area contributed by atoms with Crippen LogP contribution >= 0.6 is 0 Å². The molecule has 1 aliphatic carbocycles. The summed E-state index contributed by atoms with van der Waals surface area (Å²) in [5.41, 5.74) is 3.56. The Labute approximate surface area is 200 Å². The maximum atomic E-state index is 13.2. The molecule has 0 bridgehead atoms.